The predicted octanol–water partition coefficient (Wildman–Crippen LogP) is 4.02. The van der Waals surface area contributed by atoms with Crippen LogP contribution in [0.3, 0.4) is 0 Å². The molecule has 2 fully saturated rings. The number of nitrogens with one attached hydrogen (secondary N) is 1. The van der Waals surface area contributed by atoms with Crippen molar-refractivity contribution in [2.75, 3.05) is 15.1 Å². The first kappa shape index (κ1) is 20.4. The quantitative estimate of drug-likeness (QED) is 0.613. The Morgan fingerprint density at radius 2 is 1.50 bits per heavy atom. The van der Waals surface area contributed by atoms with Crippen LogP contribution in [0, 0.1) is 18.8 Å². The summed E-state index contributed by atoms with van der Waals surface area (Å²) in [5.74, 6) is -2.29. The maximum absolute atomic E-state index is 13.8. The molecule has 0 unspecified atom stereocenters. The number of imide groups is 1. The highest BCUT2D eigenvalue weighted by Gasteiger charge is 2.64. The lowest BCUT2D eigenvalue weighted by atomic mass is 9.88. The Morgan fingerprint density at radius 3 is 2.26 bits per heavy atom. The van der Waals surface area contributed by atoms with Gasteiger partial charge in [-0.2, -0.15) is 0 Å². The fourth-order valence-corrected chi connectivity index (χ4v) is 5.50. The zero-order valence-corrected chi connectivity index (χ0v) is 18.6. The Balaban J connectivity index is 1.44. The number of rotatable bonds is 3. The number of amides is 3. The molecule has 3 aliphatic heterocycles. The van der Waals surface area contributed by atoms with Crippen molar-refractivity contribution in [3.63, 3.8) is 0 Å². The van der Waals surface area contributed by atoms with Crippen LogP contribution < -0.4 is 15.1 Å². The maximum atomic E-state index is 13.8. The Bertz CT molecular complexity index is 1330. The highest BCUT2D eigenvalue weighted by molar-refractivity contribution is 6.25. The summed E-state index contributed by atoms with van der Waals surface area (Å²) in [6.45, 7) is 1.96. The van der Waals surface area contributed by atoms with Gasteiger partial charge in [-0.25, -0.2) is 4.90 Å². The zero-order valence-electron chi connectivity index (χ0n) is 18.6. The van der Waals surface area contributed by atoms with Crippen molar-refractivity contribution in [3.05, 3.63) is 96.1 Å². The number of fused-ring (bicyclic) bond motifs is 5. The van der Waals surface area contributed by atoms with Crippen LogP contribution in [0.1, 0.15) is 11.1 Å². The van der Waals surface area contributed by atoms with Crippen molar-refractivity contribution in [2.45, 2.75) is 19.0 Å². The van der Waals surface area contributed by atoms with Gasteiger partial charge in [0.15, 0.2) is 0 Å². The molecule has 0 aromatic heterocycles. The Labute approximate surface area is 197 Å². The van der Waals surface area contributed by atoms with E-state index >= 15 is 0 Å². The molecule has 2 saturated heterocycles. The number of nitrogens with zero attached hydrogens (tertiary/aromatic N) is 2. The third kappa shape index (κ3) is 2.99. The summed E-state index contributed by atoms with van der Waals surface area (Å²) in [6.07, 6.45) is 3.94. The van der Waals surface area contributed by atoms with Crippen LogP contribution in [0.2, 0.25) is 0 Å². The molecule has 168 valence electrons. The molecule has 3 amide bonds. The number of para-hydroxylation sites is 2. The molecule has 3 aromatic rings. The fraction of sp³-hybridized carbons (Fsp3) is 0.179. The Kier molecular flexibility index (Phi) is 4.62. The number of carbonyl (C=O) groups excluding carboxylic acids is 3. The predicted molar refractivity (Wildman–Crippen MR) is 131 cm³/mol. The van der Waals surface area contributed by atoms with Gasteiger partial charge in [0.2, 0.25) is 17.7 Å². The normalized spacial score (nSPS) is 24.6. The molecule has 0 aliphatic carbocycles. The molecular formula is C28H23N3O3. The van der Waals surface area contributed by atoms with Crippen LogP contribution in [0.25, 0.3) is 6.08 Å². The second kappa shape index (κ2) is 7.70. The topological polar surface area (TPSA) is 69.7 Å². The largest absolute Gasteiger partial charge is 0.351 e. The van der Waals surface area contributed by atoms with Crippen molar-refractivity contribution in [1.29, 1.82) is 0 Å². The van der Waals surface area contributed by atoms with E-state index in [2.05, 4.69) is 5.32 Å². The van der Waals surface area contributed by atoms with Crippen LogP contribution in [-0.4, -0.2) is 29.8 Å². The number of hydrogen-bond donors (Lipinski definition) is 1. The first-order valence-corrected chi connectivity index (χ1v) is 11.4. The molecule has 0 bridgehead atoms. The van der Waals surface area contributed by atoms with Crippen molar-refractivity contribution < 1.29 is 14.4 Å². The van der Waals surface area contributed by atoms with Crippen molar-refractivity contribution in [1.82, 2.24) is 0 Å². The summed E-state index contributed by atoms with van der Waals surface area (Å²) >= 11 is 0. The second-order valence-corrected chi connectivity index (χ2v) is 9.01. The van der Waals surface area contributed by atoms with E-state index in [1.54, 1.807) is 12.1 Å². The Morgan fingerprint density at radius 1 is 0.824 bits per heavy atom. The molecule has 3 heterocycles. The summed E-state index contributed by atoms with van der Waals surface area (Å²) in [4.78, 5) is 44.4. The van der Waals surface area contributed by atoms with E-state index in [9.17, 15) is 14.4 Å². The first-order chi connectivity index (χ1) is 16.5. The van der Waals surface area contributed by atoms with Gasteiger partial charge in [-0.15, -0.1) is 0 Å². The fourth-order valence-electron chi connectivity index (χ4n) is 5.50. The van der Waals surface area contributed by atoms with E-state index in [1.165, 1.54) is 4.90 Å². The molecule has 1 N–H and O–H groups in total. The van der Waals surface area contributed by atoms with Crippen LogP contribution in [0.5, 0.6) is 0 Å². The van der Waals surface area contributed by atoms with E-state index in [4.69, 9.17) is 0 Å². The van der Waals surface area contributed by atoms with Gasteiger partial charge in [0, 0.05) is 11.4 Å². The first-order valence-electron chi connectivity index (χ1n) is 11.4. The molecule has 6 heteroatoms. The number of benzene rings is 3. The van der Waals surface area contributed by atoms with E-state index in [-0.39, 0.29) is 23.8 Å². The average molecular weight is 450 g/mol. The molecule has 0 spiro atoms. The van der Waals surface area contributed by atoms with E-state index in [1.807, 2.05) is 90.7 Å². The van der Waals surface area contributed by atoms with Gasteiger partial charge in [-0.3, -0.25) is 14.4 Å². The molecule has 0 saturated carbocycles. The minimum Gasteiger partial charge on any atom is -0.351 e. The average Bonchev–Trinajstić information content (AvgIpc) is 3.33. The summed E-state index contributed by atoms with van der Waals surface area (Å²) in [5.41, 5.74) is 4.07. The monoisotopic (exact) mass is 449 g/mol. The minimum atomic E-state index is -0.812. The lowest BCUT2D eigenvalue weighted by molar-refractivity contribution is -0.126. The van der Waals surface area contributed by atoms with E-state index in [0.717, 1.165) is 16.8 Å². The van der Waals surface area contributed by atoms with E-state index < -0.39 is 17.9 Å². The third-order valence-electron chi connectivity index (χ3n) is 7.02. The summed E-state index contributed by atoms with van der Waals surface area (Å²) in [6, 6.07) is 23.1. The van der Waals surface area contributed by atoms with Crippen LogP contribution in [0.4, 0.5) is 17.1 Å². The van der Waals surface area contributed by atoms with Crippen molar-refractivity contribution in [2.24, 2.45) is 11.8 Å². The summed E-state index contributed by atoms with van der Waals surface area (Å²) in [7, 11) is 0. The third-order valence-corrected chi connectivity index (χ3v) is 7.02. The zero-order chi connectivity index (χ0) is 23.4. The summed E-state index contributed by atoms with van der Waals surface area (Å²) in [5, 5.41) is 2.97. The molecule has 3 aromatic carbocycles. The molecule has 0 radical (unpaired) electrons. The van der Waals surface area contributed by atoms with Gasteiger partial charge in [0.25, 0.3) is 0 Å². The van der Waals surface area contributed by atoms with Crippen LogP contribution in [-0.2, 0) is 14.4 Å². The standard InChI is InChI=1S/C28H23N3O3/c1-17-11-14-20(15-12-17)30-27(33)23-22-16-13-18-7-5-6-10-21(18)31(22)25(24(23)28(30)34)26(32)29-19-8-3-2-4-9-19/h2-16,22-25H,1H3,(H,29,32)/t22-,23-,24-,25+/m1/s1. The van der Waals surface area contributed by atoms with Gasteiger partial charge in [-0.1, -0.05) is 66.2 Å². The van der Waals surface area contributed by atoms with Gasteiger partial charge in [-0.05, 0) is 42.8 Å². The summed E-state index contributed by atoms with van der Waals surface area (Å²) < 4.78 is 0. The van der Waals surface area contributed by atoms with E-state index in [0.29, 0.717) is 11.4 Å². The van der Waals surface area contributed by atoms with Crippen LogP contribution >= 0.6 is 0 Å². The SMILES string of the molecule is Cc1ccc(N2C(=O)[C@@H]3[C@H](C2=O)[C@H]2C=Cc4ccccc4N2[C@@H]3C(=O)Nc2ccccc2)cc1. The smallest absolute Gasteiger partial charge is 0.247 e. The molecular weight excluding hydrogens is 426 g/mol. The lowest BCUT2D eigenvalue weighted by Crippen LogP contribution is -2.50. The number of anilines is 3. The van der Waals surface area contributed by atoms with Crippen molar-refractivity contribution >= 4 is 40.9 Å². The van der Waals surface area contributed by atoms with Gasteiger partial charge >= 0.3 is 0 Å². The minimum absolute atomic E-state index is 0.257. The molecule has 6 rings (SSSR count). The lowest BCUT2D eigenvalue weighted by Gasteiger charge is -2.36. The molecule has 3 aliphatic rings. The highest BCUT2D eigenvalue weighted by atomic mass is 16.2. The Hall–Kier alpha value is -4.19. The number of carbonyl (C=O) groups is 3. The maximum Gasteiger partial charge on any atom is 0.247 e. The number of aryl methyl sites for hydroxylation is 1. The molecule has 4 atom stereocenters. The van der Waals surface area contributed by atoms with Gasteiger partial charge < -0.3 is 10.2 Å². The van der Waals surface area contributed by atoms with Crippen molar-refractivity contribution in [3.8, 4) is 0 Å². The van der Waals surface area contributed by atoms with Gasteiger partial charge in [0.05, 0.1) is 23.6 Å². The highest BCUT2D eigenvalue weighted by Crippen LogP contribution is 2.49. The second-order valence-electron chi connectivity index (χ2n) is 9.01. The van der Waals surface area contributed by atoms with Crippen LogP contribution in [0.15, 0.2) is 84.9 Å². The molecule has 6 nitrogen and oxygen atoms in total. The van der Waals surface area contributed by atoms with Gasteiger partial charge in [0.1, 0.15) is 6.04 Å². The number of hydrogen-bond acceptors (Lipinski definition) is 4. The molecule has 34 heavy (non-hydrogen) atoms.